The quantitative estimate of drug-likeness (QED) is 0.820. The van der Waals surface area contributed by atoms with Gasteiger partial charge >= 0.3 is 0 Å². The molecule has 0 aliphatic heterocycles. The fourth-order valence-electron chi connectivity index (χ4n) is 1.83. The Hall–Kier alpha value is -2.34. The van der Waals surface area contributed by atoms with Gasteiger partial charge in [-0.3, -0.25) is 9.59 Å². The number of hydrogen-bond donors (Lipinski definition) is 2. The molecular weight excluding hydrogens is 315 g/mol. The highest BCUT2D eigenvalue weighted by Gasteiger charge is 2.08. The van der Waals surface area contributed by atoms with E-state index in [4.69, 9.17) is 0 Å². The van der Waals surface area contributed by atoms with Crippen LogP contribution in [0.2, 0.25) is 0 Å². The van der Waals surface area contributed by atoms with Crippen LogP contribution < -0.4 is 10.6 Å². The minimum absolute atomic E-state index is 0.0904. The summed E-state index contributed by atoms with van der Waals surface area (Å²) in [7, 11) is 0. The third kappa shape index (κ3) is 6.12. The van der Waals surface area contributed by atoms with E-state index in [1.54, 1.807) is 12.1 Å². The number of nitrogens with one attached hydrogen (secondary N) is 2. The lowest BCUT2D eigenvalue weighted by atomic mass is 10.2. The molecule has 4 nitrogen and oxygen atoms in total. The van der Waals surface area contributed by atoms with Gasteiger partial charge in [0.15, 0.2) is 0 Å². The summed E-state index contributed by atoms with van der Waals surface area (Å²) in [6.07, 6.45) is 0. The molecule has 0 saturated heterocycles. The third-order valence-corrected chi connectivity index (χ3v) is 3.88. The summed E-state index contributed by atoms with van der Waals surface area (Å²) in [5.41, 5.74) is 1.16. The van der Waals surface area contributed by atoms with Crippen LogP contribution >= 0.6 is 11.8 Å². The molecule has 0 aromatic heterocycles. The van der Waals surface area contributed by atoms with Gasteiger partial charge in [0.25, 0.3) is 0 Å². The number of carbonyl (C=O) groups excluding carboxylic acids is 2. The highest BCUT2D eigenvalue weighted by atomic mass is 32.2. The van der Waals surface area contributed by atoms with Gasteiger partial charge in [-0.1, -0.05) is 42.5 Å². The number of thioether (sulfide) groups is 1. The van der Waals surface area contributed by atoms with Gasteiger partial charge in [0.05, 0.1) is 17.2 Å². The summed E-state index contributed by atoms with van der Waals surface area (Å²) < 4.78 is 13.4. The summed E-state index contributed by atoms with van der Waals surface area (Å²) in [6.45, 7) is 0.460. The standard InChI is InChI=1S/C17H17FN2O2S/c18-14-8-4-5-9-15(14)20-17(22)12-23-11-16(21)19-10-13-6-2-1-3-7-13/h1-9H,10-12H2,(H,19,21)(H,20,22). The molecule has 0 bridgehead atoms. The van der Waals surface area contributed by atoms with Crippen molar-refractivity contribution in [2.75, 3.05) is 16.8 Å². The number of anilines is 1. The van der Waals surface area contributed by atoms with E-state index in [0.717, 1.165) is 5.56 Å². The molecular formula is C17H17FN2O2S. The molecule has 6 heteroatoms. The Labute approximate surface area is 138 Å². The lowest BCUT2D eigenvalue weighted by Crippen LogP contribution is -2.25. The first kappa shape index (κ1) is 17.0. The van der Waals surface area contributed by atoms with Crippen molar-refractivity contribution in [3.63, 3.8) is 0 Å². The van der Waals surface area contributed by atoms with Crippen molar-refractivity contribution in [3.8, 4) is 0 Å². The Kier molecular flexibility index (Phi) is 6.62. The van der Waals surface area contributed by atoms with Crippen LogP contribution in [0.3, 0.4) is 0 Å². The first-order valence-electron chi connectivity index (χ1n) is 7.08. The summed E-state index contributed by atoms with van der Waals surface area (Å²) in [5.74, 6) is -0.690. The normalized spacial score (nSPS) is 10.1. The molecule has 0 unspecified atom stereocenters. The Morgan fingerprint density at radius 2 is 1.57 bits per heavy atom. The molecule has 0 fully saturated rings. The zero-order valence-electron chi connectivity index (χ0n) is 12.4. The van der Waals surface area contributed by atoms with Crippen LogP contribution in [-0.2, 0) is 16.1 Å². The van der Waals surface area contributed by atoms with Crippen LogP contribution in [0.1, 0.15) is 5.56 Å². The van der Waals surface area contributed by atoms with Crippen molar-refractivity contribution in [2.24, 2.45) is 0 Å². The second-order valence-electron chi connectivity index (χ2n) is 4.78. The molecule has 2 N–H and O–H groups in total. The maximum atomic E-state index is 13.4. The van der Waals surface area contributed by atoms with Crippen molar-refractivity contribution in [1.82, 2.24) is 5.32 Å². The van der Waals surface area contributed by atoms with Crippen LogP contribution in [0, 0.1) is 5.82 Å². The molecule has 120 valence electrons. The Balaban J connectivity index is 1.65. The molecule has 0 atom stereocenters. The van der Waals surface area contributed by atoms with Crippen molar-refractivity contribution < 1.29 is 14.0 Å². The van der Waals surface area contributed by atoms with Gasteiger partial charge in [-0.2, -0.15) is 0 Å². The highest BCUT2D eigenvalue weighted by molar-refractivity contribution is 8.00. The second kappa shape index (κ2) is 8.95. The lowest BCUT2D eigenvalue weighted by Gasteiger charge is -2.07. The number of hydrogen-bond acceptors (Lipinski definition) is 3. The van der Waals surface area contributed by atoms with Crippen LogP contribution in [0.4, 0.5) is 10.1 Å². The topological polar surface area (TPSA) is 58.2 Å². The minimum atomic E-state index is -0.480. The van der Waals surface area contributed by atoms with Gasteiger partial charge in [0.2, 0.25) is 11.8 Å². The van der Waals surface area contributed by atoms with E-state index in [9.17, 15) is 14.0 Å². The first-order chi connectivity index (χ1) is 11.1. The fraction of sp³-hybridized carbons (Fsp3) is 0.176. The van der Waals surface area contributed by atoms with Gasteiger partial charge in [-0.05, 0) is 17.7 Å². The van der Waals surface area contributed by atoms with E-state index in [1.165, 1.54) is 23.9 Å². The van der Waals surface area contributed by atoms with E-state index in [-0.39, 0.29) is 29.0 Å². The van der Waals surface area contributed by atoms with Crippen molar-refractivity contribution in [2.45, 2.75) is 6.54 Å². The number of benzene rings is 2. The lowest BCUT2D eigenvalue weighted by molar-refractivity contribution is -0.118. The molecule has 2 amide bonds. The monoisotopic (exact) mass is 332 g/mol. The van der Waals surface area contributed by atoms with Crippen molar-refractivity contribution in [1.29, 1.82) is 0 Å². The predicted molar refractivity (Wildman–Crippen MR) is 90.6 cm³/mol. The molecule has 2 aromatic rings. The second-order valence-corrected chi connectivity index (χ2v) is 5.77. The van der Waals surface area contributed by atoms with Gasteiger partial charge in [-0.25, -0.2) is 4.39 Å². The van der Waals surface area contributed by atoms with E-state index in [1.807, 2.05) is 30.3 Å². The molecule has 0 aliphatic carbocycles. The third-order valence-electron chi connectivity index (χ3n) is 2.95. The van der Waals surface area contributed by atoms with Crippen LogP contribution in [0.25, 0.3) is 0 Å². The van der Waals surface area contributed by atoms with E-state index in [0.29, 0.717) is 6.54 Å². The molecule has 2 aromatic carbocycles. The highest BCUT2D eigenvalue weighted by Crippen LogP contribution is 2.13. The Bertz CT molecular complexity index is 665. The van der Waals surface area contributed by atoms with Crippen LogP contribution in [0.5, 0.6) is 0 Å². The molecule has 0 aliphatic rings. The fourth-order valence-corrected chi connectivity index (χ4v) is 2.48. The Morgan fingerprint density at radius 3 is 2.30 bits per heavy atom. The van der Waals surface area contributed by atoms with Crippen molar-refractivity contribution >= 4 is 29.3 Å². The SMILES string of the molecule is O=C(CSCC(=O)Nc1ccccc1F)NCc1ccccc1. The summed E-state index contributed by atoms with van der Waals surface area (Å²) >= 11 is 1.18. The predicted octanol–water partition coefficient (Wildman–Crippen LogP) is 2.81. The average Bonchev–Trinajstić information content (AvgIpc) is 2.56. The first-order valence-corrected chi connectivity index (χ1v) is 8.23. The zero-order chi connectivity index (χ0) is 16.5. The average molecular weight is 332 g/mol. The number of carbonyl (C=O) groups is 2. The molecule has 2 rings (SSSR count). The summed E-state index contributed by atoms with van der Waals surface area (Å²) in [4.78, 5) is 23.4. The molecule has 0 saturated carbocycles. The van der Waals surface area contributed by atoms with E-state index in [2.05, 4.69) is 10.6 Å². The maximum absolute atomic E-state index is 13.4. The van der Waals surface area contributed by atoms with Gasteiger partial charge in [0, 0.05) is 6.54 Å². The van der Waals surface area contributed by atoms with E-state index >= 15 is 0 Å². The maximum Gasteiger partial charge on any atom is 0.234 e. The number of amides is 2. The Morgan fingerprint density at radius 1 is 0.913 bits per heavy atom. The smallest absolute Gasteiger partial charge is 0.234 e. The largest absolute Gasteiger partial charge is 0.351 e. The number of para-hydroxylation sites is 1. The molecule has 23 heavy (non-hydrogen) atoms. The van der Waals surface area contributed by atoms with E-state index < -0.39 is 5.82 Å². The van der Waals surface area contributed by atoms with Gasteiger partial charge < -0.3 is 10.6 Å². The van der Waals surface area contributed by atoms with Crippen molar-refractivity contribution in [3.05, 3.63) is 66.0 Å². The minimum Gasteiger partial charge on any atom is -0.351 e. The zero-order valence-corrected chi connectivity index (χ0v) is 13.2. The molecule has 0 radical (unpaired) electrons. The molecule has 0 heterocycles. The van der Waals surface area contributed by atoms with Gasteiger partial charge in [0.1, 0.15) is 5.82 Å². The summed E-state index contributed by atoms with van der Waals surface area (Å²) in [6, 6.07) is 15.5. The van der Waals surface area contributed by atoms with Gasteiger partial charge in [-0.15, -0.1) is 11.8 Å². The number of rotatable bonds is 7. The molecule has 0 spiro atoms. The summed E-state index contributed by atoms with van der Waals surface area (Å²) in [5, 5.41) is 5.26. The van der Waals surface area contributed by atoms with Crippen LogP contribution in [-0.4, -0.2) is 23.3 Å². The number of halogens is 1. The van der Waals surface area contributed by atoms with Crippen LogP contribution in [0.15, 0.2) is 54.6 Å².